The second-order valence-corrected chi connectivity index (χ2v) is 6.42. The van der Waals surface area contributed by atoms with E-state index in [9.17, 15) is 0 Å². The lowest BCUT2D eigenvalue weighted by molar-refractivity contribution is 0.218. The van der Waals surface area contributed by atoms with E-state index in [0.29, 0.717) is 12.5 Å². The van der Waals surface area contributed by atoms with Crippen LogP contribution in [0.15, 0.2) is 24.3 Å². The van der Waals surface area contributed by atoms with Crippen LogP contribution in [0.5, 0.6) is 0 Å². The summed E-state index contributed by atoms with van der Waals surface area (Å²) in [4.78, 5) is 2.34. The minimum atomic E-state index is 0.205. The average molecular weight is 258 g/mol. The molecule has 0 amide bonds. The fourth-order valence-electron chi connectivity index (χ4n) is 2.06. The maximum atomic E-state index is 8.71. The van der Waals surface area contributed by atoms with Crippen molar-refractivity contribution in [1.82, 2.24) is 4.90 Å². The van der Waals surface area contributed by atoms with Crippen molar-refractivity contribution >= 4 is 0 Å². The Kier molecular flexibility index (Phi) is 5.57. The van der Waals surface area contributed by atoms with Crippen molar-refractivity contribution in [1.29, 1.82) is 5.26 Å². The molecule has 0 aliphatic carbocycles. The molecule has 0 heterocycles. The fourth-order valence-corrected chi connectivity index (χ4v) is 2.06. The van der Waals surface area contributed by atoms with Crippen LogP contribution in [0.2, 0.25) is 0 Å². The summed E-state index contributed by atoms with van der Waals surface area (Å²) in [6, 6.07) is 11.6. The highest BCUT2D eigenvalue weighted by Crippen LogP contribution is 2.22. The predicted molar refractivity (Wildman–Crippen MR) is 80.9 cm³/mol. The van der Waals surface area contributed by atoms with Gasteiger partial charge in [0.2, 0.25) is 0 Å². The Hall–Kier alpha value is -1.33. The Balaban J connectivity index is 2.73. The van der Waals surface area contributed by atoms with Gasteiger partial charge < -0.3 is 0 Å². The third-order valence-electron chi connectivity index (χ3n) is 3.45. The zero-order chi connectivity index (χ0) is 14.5. The summed E-state index contributed by atoms with van der Waals surface area (Å²) in [7, 11) is 0. The van der Waals surface area contributed by atoms with Crippen LogP contribution in [0, 0.1) is 11.3 Å². The maximum absolute atomic E-state index is 8.71. The number of hydrogen-bond donors (Lipinski definition) is 0. The number of nitrogens with zero attached hydrogens (tertiary/aromatic N) is 2. The molecule has 0 aliphatic heterocycles. The van der Waals surface area contributed by atoms with Crippen molar-refractivity contribution in [2.24, 2.45) is 0 Å². The van der Waals surface area contributed by atoms with Gasteiger partial charge in [-0.15, -0.1) is 0 Å². The molecule has 0 aromatic heterocycles. The SMILES string of the molecule is CC(C)N(CCC#N)Cc1ccc(C(C)(C)C)cc1. The minimum absolute atomic E-state index is 0.205. The highest BCUT2D eigenvalue weighted by Gasteiger charge is 2.14. The lowest BCUT2D eigenvalue weighted by Crippen LogP contribution is -2.31. The molecule has 0 fully saturated rings. The molecule has 0 bridgehead atoms. The fraction of sp³-hybridized carbons (Fsp3) is 0.588. The summed E-state index contributed by atoms with van der Waals surface area (Å²) in [5, 5.41) is 8.71. The van der Waals surface area contributed by atoms with E-state index < -0.39 is 0 Å². The van der Waals surface area contributed by atoms with Crippen molar-refractivity contribution in [3.05, 3.63) is 35.4 Å². The van der Waals surface area contributed by atoms with Gasteiger partial charge in [-0.25, -0.2) is 0 Å². The van der Waals surface area contributed by atoms with Crippen LogP contribution in [-0.4, -0.2) is 17.5 Å². The normalized spacial score (nSPS) is 11.9. The summed E-state index contributed by atoms with van der Waals surface area (Å²) in [6.07, 6.45) is 0.595. The third-order valence-corrected chi connectivity index (χ3v) is 3.45. The molecule has 0 unspecified atom stereocenters. The predicted octanol–water partition coefficient (Wildman–Crippen LogP) is 4.11. The van der Waals surface area contributed by atoms with E-state index >= 15 is 0 Å². The molecule has 0 N–H and O–H groups in total. The van der Waals surface area contributed by atoms with Crippen LogP contribution >= 0.6 is 0 Å². The van der Waals surface area contributed by atoms with Crippen molar-refractivity contribution in [2.45, 2.75) is 59.0 Å². The molecular weight excluding hydrogens is 232 g/mol. The van der Waals surface area contributed by atoms with Gasteiger partial charge >= 0.3 is 0 Å². The Labute approximate surface area is 118 Å². The van der Waals surface area contributed by atoms with Gasteiger partial charge in [0.1, 0.15) is 0 Å². The Bertz CT molecular complexity index is 418. The molecule has 0 aliphatic rings. The Morgan fingerprint density at radius 2 is 1.74 bits per heavy atom. The molecule has 0 saturated heterocycles. The van der Waals surface area contributed by atoms with Crippen LogP contribution in [-0.2, 0) is 12.0 Å². The van der Waals surface area contributed by atoms with Gasteiger partial charge in [0, 0.05) is 25.6 Å². The summed E-state index contributed by atoms with van der Waals surface area (Å²) in [6.45, 7) is 12.8. The monoisotopic (exact) mass is 258 g/mol. The molecule has 19 heavy (non-hydrogen) atoms. The van der Waals surface area contributed by atoms with Crippen LogP contribution in [0.1, 0.15) is 52.2 Å². The lowest BCUT2D eigenvalue weighted by Gasteiger charge is -2.26. The second-order valence-electron chi connectivity index (χ2n) is 6.42. The topological polar surface area (TPSA) is 27.0 Å². The zero-order valence-electron chi connectivity index (χ0n) is 12.9. The Morgan fingerprint density at radius 3 is 2.16 bits per heavy atom. The molecule has 2 nitrogen and oxygen atoms in total. The average Bonchev–Trinajstić information content (AvgIpc) is 2.33. The molecule has 2 heteroatoms. The van der Waals surface area contributed by atoms with Crippen molar-refractivity contribution in [2.75, 3.05) is 6.54 Å². The number of benzene rings is 1. The van der Waals surface area contributed by atoms with E-state index in [1.54, 1.807) is 0 Å². The molecule has 1 aromatic rings. The van der Waals surface area contributed by atoms with Crippen LogP contribution in [0.25, 0.3) is 0 Å². The first-order chi connectivity index (χ1) is 8.84. The number of nitriles is 1. The standard InChI is InChI=1S/C17H26N2/c1-14(2)19(12-6-11-18)13-15-7-9-16(10-8-15)17(3,4)5/h7-10,14H,6,12-13H2,1-5H3. The molecule has 0 radical (unpaired) electrons. The van der Waals surface area contributed by atoms with E-state index in [4.69, 9.17) is 5.26 Å². The Morgan fingerprint density at radius 1 is 1.16 bits per heavy atom. The maximum Gasteiger partial charge on any atom is 0.0635 e. The van der Waals surface area contributed by atoms with E-state index in [1.165, 1.54) is 11.1 Å². The van der Waals surface area contributed by atoms with Crippen LogP contribution in [0.4, 0.5) is 0 Å². The molecule has 104 valence electrons. The van der Waals surface area contributed by atoms with Gasteiger partial charge in [0.25, 0.3) is 0 Å². The molecule has 0 atom stereocenters. The first-order valence-electron chi connectivity index (χ1n) is 7.05. The van der Waals surface area contributed by atoms with Gasteiger partial charge in [-0.2, -0.15) is 5.26 Å². The summed E-state index contributed by atoms with van der Waals surface area (Å²) in [5.74, 6) is 0. The largest absolute Gasteiger partial charge is 0.296 e. The van der Waals surface area contributed by atoms with E-state index in [1.807, 2.05) is 0 Å². The van der Waals surface area contributed by atoms with Crippen molar-refractivity contribution < 1.29 is 0 Å². The van der Waals surface area contributed by atoms with Crippen LogP contribution < -0.4 is 0 Å². The summed E-state index contributed by atoms with van der Waals surface area (Å²) >= 11 is 0. The van der Waals surface area contributed by atoms with Crippen molar-refractivity contribution in [3.63, 3.8) is 0 Å². The van der Waals surface area contributed by atoms with E-state index in [0.717, 1.165) is 13.1 Å². The highest BCUT2D eigenvalue weighted by atomic mass is 15.1. The van der Waals surface area contributed by atoms with E-state index in [2.05, 4.69) is 69.9 Å². The molecule has 0 saturated carbocycles. The van der Waals surface area contributed by atoms with Gasteiger partial charge in [-0.05, 0) is 30.4 Å². The van der Waals surface area contributed by atoms with Gasteiger partial charge in [0.05, 0.1) is 6.07 Å². The minimum Gasteiger partial charge on any atom is -0.296 e. The summed E-state index contributed by atoms with van der Waals surface area (Å²) < 4.78 is 0. The third kappa shape index (κ3) is 5.04. The zero-order valence-corrected chi connectivity index (χ0v) is 12.9. The highest BCUT2D eigenvalue weighted by molar-refractivity contribution is 5.27. The van der Waals surface area contributed by atoms with Crippen LogP contribution in [0.3, 0.4) is 0 Å². The lowest BCUT2D eigenvalue weighted by atomic mass is 9.87. The van der Waals surface area contributed by atoms with Gasteiger partial charge in [-0.3, -0.25) is 4.90 Å². The van der Waals surface area contributed by atoms with Crippen molar-refractivity contribution in [3.8, 4) is 6.07 Å². The molecule has 0 spiro atoms. The number of hydrogen-bond acceptors (Lipinski definition) is 2. The quantitative estimate of drug-likeness (QED) is 0.794. The van der Waals surface area contributed by atoms with Gasteiger partial charge in [-0.1, -0.05) is 45.0 Å². The first kappa shape index (κ1) is 15.7. The first-order valence-corrected chi connectivity index (χ1v) is 7.05. The van der Waals surface area contributed by atoms with E-state index in [-0.39, 0.29) is 5.41 Å². The molecule has 1 aromatic carbocycles. The number of rotatable bonds is 5. The molecule has 1 rings (SSSR count). The van der Waals surface area contributed by atoms with Gasteiger partial charge in [0.15, 0.2) is 0 Å². The smallest absolute Gasteiger partial charge is 0.0635 e. The molecular formula is C17H26N2. The second kappa shape index (κ2) is 6.73. The summed E-state index contributed by atoms with van der Waals surface area (Å²) in [5.41, 5.74) is 2.89.